The highest BCUT2D eigenvalue weighted by molar-refractivity contribution is 8.07. The summed E-state index contributed by atoms with van der Waals surface area (Å²) < 4.78 is 26.1. The van der Waals surface area contributed by atoms with Crippen molar-refractivity contribution in [3.63, 3.8) is 0 Å². The van der Waals surface area contributed by atoms with E-state index in [4.69, 9.17) is 30.1 Å². The van der Waals surface area contributed by atoms with E-state index in [1.54, 1.807) is 13.1 Å². The van der Waals surface area contributed by atoms with E-state index in [9.17, 15) is 9.59 Å². The van der Waals surface area contributed by atoms with Gasteiger partial charge in [0.25, 0.3) is 5.56 Å². The average molecular weight is 564 g/mol. The Morgan fingerprint density at radius 1 is 1.31 bits per heavy atom. The summed E-state index contributed by atoms with van der Waals surface area (Å²) in [7, 11) is -0.264. The third-order valence-corrected chi connectivity index (χ3v) is 15.3. The molecular weight excluding hydrogens is 517 g/mol. The number of aryl methyl sites for hydroxylation is 1. The second-order valence-corrected chi connectivity index (χ2v) is 20.5. The van der Waals surface area contributed by atoms with Crippen LogP contribution in [0.25, 0.3) is 0 Å². The van der Waals surface area contributed by atoms with E-state index in [0.717, 1.165) is 19.0 Å². The van der Waals surface area contributed by atoms with Crippen LogP contribution in [0.2, 0.25) is 24.2 Å². The Morgan fingerprint density at radius 3 is 2.50 bits per heavy atom. The number of aromatic amines is 1. The number of aromatic nitrogens is 2. The van der Waals surface area contributed by atoms with E-state index >= 15 is 0 Å². The summed E-state index contributed by atoms with van der Waals surface area (Å²) in [5.41, 5.74) is -0.460. The van der Waals surface area contributed by atoms with Crippen LogP contribution >= 0.6 is 6.72 Å². The highest BCUT2D eigenvalue weighted by atomic mass is 32.5. The van der Waals surface area contributed by atoms with Gasteiger partial charge in [0.05, 0.1) is 26.4 Å². The van der Waals surface area contributed by atoms with Crippen molar-refractivity contribution in [2.45, 2.75) is 116 Å². The third-order valence-electron chi connectivity index (χ3n) is 7.28. The molecular formula is C24H46N3O6PSSi. The van der Waals surface area contributed by atoms with Gasteiger partial charge in [-0.3, -0.25) is 14.3 Å². The predicted octanol–water partition coefficient (Wildman–Crippen LogP) is 4.69. The molecule has 208 valence electrons. The topological polar surface area (TPSA) is 104 Å². The van der Waals surface area contributed by atoms with Crippen LogP contribution in [-0.2, 0) is 30.1 Å². The lowest BCUT2D eigenvalue weighted by molar-refractivity contribution is -0.0116. The lowest BCUT2D eigenvalue weighted by Crippen LogP contribution is -2.43. The summed E-state index contributed by atoms with van der Waals surface area (Å²) in [6.45, 7) is 17.0. The first kappa shape index (κ1) is 31.6. The standard InChI is InChI=1S/C24H46N3O6PSSi/c1-16(2)25-12-11-18(4)32-34(35,30-8)33-19-13-21(27-14-17(3)22(28)26-23(27)29)31-20(19)15-36(9,10)24(5,6)7/h14,16,18-21,25H,11-13,15H2,1-10H3,(H,26,28,29). The monoisotopic (exact) mass is 563 g/mol. The zero-order chi connectivity index (χ0) is 27.5. The van der Waals surface area contributed by atoms with Crippen molar-refractivity contribution in [3.05, 3.63) is 32.6 Å². The van der Waals surface area contributed by atoms with Crippen molar-refractivity contribution in [3.8, 4) is 0 Å². The van der Waals surface area contributed by atoms with Crippen LogP contribution in [0.4, 0.5) is 0 Å². The van der Waals surface area contributed by atoms with Crippen molar-refractivity contribution >= 4 is 26.6 Å². The number of nitrogens with one attached hydrogen (secondary N) is 2. The molecule has 1 aromatic rings. The van der Waals surface area contributed by atoms with Crippen molar-refractivity contribution < 1.29 is 18.3 Å². The predicted molar refractivity (Wildman–Crippen MR) is 151 cm³/mol. The first-order valence-electron chi connectivity index (χ1n) is 12.7. The van der Waals surface area contributed by atoms with Crippen molar-refractivity contribution in [1.82, 2.24) is 14.9 Å². The number of hydrogen-bond donors (Lipinski definition) is 2. The number of ether oxygens (including phenoxy) is 1. The largest absolute Gasteiger partial charge is 0.352 e. The highest BCUT2D eigenvalue weighted by Gasteiger charge is 2.46. The van der Waals surface area contributed by atoms with Crippen LogP contribution in [-0.4, -0.2) is 55.6 Å². The minimum Gasteiger partial charge on any atom is -0.352 e. The van der Waals surface area contributed by atoms with Gasteiger partial charge in [0.15, 0.2) is 0 Å². The van der Waals surface area contributed by atoms with Crippen molar-refractivity contribution in [1.29, 1.82) is 0 Å². The molecule has 5 unspecified atom stereocenters. The van der Waals surface area contributed by atoms with Crippen LogP contribution < -0.4 is 16.6 Å². The van der Waals surface area contributed by atoms with Gasteiger partial charge < -0.3 is 23.6 Å². The summed E-state index contributed by atoms with van der Waals surface area (Å²) in [4.78, 5) is 26.9. The van der Waals surface area contributed by atoms with E-state index in [-0.39, 0.29) is 17.2 Å². The molecule has 0 radical (unpaired) electrons. The molecule has 2 heterocycles. The number of rotatable bonds is 12. The second kappa shape index (κ2) is 12.5. The third kappa shape index (κ3) is 8.43. The fraction of sp³-hybridized carbons (Fsp3) is 0.833. The van der Waals surface area contributed by atoms with Gasteiger partial charge in [-0.1, -0.05) is 47.7 Å². The Bertz CT molecular complexity index is 1040. The van der Waals surface area contributed by atoms with Crippen LogP contribution in [0.3, 0.4) is 0 Å². The van der Waals surface area contributed by atoms with Gasteiger partial charge in [-0.25, -0.2) is 4.79 Å². The van der Waals surface area contributed by atoms with Gasteiger partial charge >= 0.3 is 12.4 Å². The summed E-state index contributed by atoms with van der Waals surface area (Å²) in [6, 6.07) is 1.21. The van der Waals surface area contributed by atoms with E-state index in [0.29, 0.717) is 18.0 Å². The Kier molecular flexibility index (Phi) is 10.9. The van der Waals surface area contributed by atoms with Gasteiger partial charge in [-0.05, 0) is 49.7 Å². The average Bonchev–Trinajstić information content (AvgIpc) is 3.10. The van der Waals surface area contributed by atoms with E-state index in [2.05, 4.69) is 58.0 Å². The minimum atomic E-state index is -3.06. The van der Waals surface area contributed by atoms with Crippen LogP contribution in [0.15, 0.2) is 15.8 Å². The normalized spacial score (nSPS) is 23.7. The molecule has 1 aliphatic rings. The molecule has 0 aromatic carbocycles. The second-order valence-electron chi connectivity index (χ2n) is 11.8. The molecule has 5 atom stereocenters. The molecule has 0 aliphatic carbocycles. The molecule has 12 heteroatoms. The van der Waals surface area contributed by atoms with Crippen LogP contribution in [0, 0.1) is 6.92 Å². The zero-order valence-corrected chi connectivity index (χ0v) is 26.3. The van der Waals surface area contributed by atoms with E-state index in [1.165, 1.54) is 11.7 Å². The highest BCUT2D eigenvalue weighted by Crippen LogP contribution is 2.55. The summed E-state index contributed by atoms with van der Waals surface area (Å²) in [6.07, 6.45) is 1.30. The number of nitrogens with zero attached hydrogens (tertiary/aromatic N) is 1. The number of hydrogen-bond acceptors (Lipinski definition) is 8. The van der Waals surface area contributed by atoms with Gasteiger partial charge in [-0.2, -0.15) is 0 Å². The van der Waals surface area contributed by atoms with Crippen LogP contribution in [0.5, 0.6) is 0 Å². The van der Waals surface area contributed by atoms with Crippen molar-refractivity contribution in [2.75, 3.05) is 13.7 Å². The molecule has 1 fully saturated rings. The fourth-order valence-corrected chi connectivity index (χ4v) is 7.97. The van der Waals surface area contributed by atoms with Crippen LogP contribution in [0.1, 0.15) is 66.2 Å². The summed E-state index contributed by atoms with van der Waals surface area (Å²) in [5.74, 6) is 0. The molecule has 36 heavy (non-hydrogen) atoms. The lowest BCUT2D eigenvalue weighted by atomic mass is 10.2. The lowest BCUT2D eigenvalue weighted by Gasteiger charge is -2.39. The molecule has 0 saturated carbocycles. The molecule has 2 rings (SSSR count). The van der Waals surface area contributed by atoms with E-state index < -0.39 is 38.4 Å². The Morgan fingerprint density at radius 2 is 1.94 bits per heavy atom. The molecule has 9 nitrogen and oxygen atoms in total. The smallest absolute Gasteiger partial charge is 0.330 e. The molecule has 2 N–H and O–H groups in total. The molecule has 1 saturated heterocycles. The van der Waals surface area contributed by atoms with Crippen molar-refractivity contribution in [2.24, 2.45) is 0 Å². The first-order chi connectivity index (χ1) is 16.5. The summed E-state index contributed by atoms with van der Waals surface area (Å²) >= 11 is 5.77. The Labute approximate surface area is 221 Å². The van der Waals surface area contributed by atoms with Gasteiger partial charge in [0.2, 0.25) is 0 Å². The van der Waals surface area contributed by atoms with Gasteiger partial charge in [-0.15, -0.1) is 0 Å². The van der Waals surface area contributed by atoms with Gasteiger partial charge in [0, 0.05) is 31.3 Å². The van der Waals surface area contributed by atoms with E-state index in [1.807, 2.05) is 6.92 Å². The van der Waals surface area contributed by atoms with Gasteiger partial charge in [0.1, 0.15) is 6.23 Å². The fourth-order valence-electron chi connectivity index (χ4n) is 3.90. The number of H-pyrrole nitrogens is 1. The first-order valence-corrected chi connectivity index (χ1v) is 18.5. The SMILES string of the molecule is COP(=S)(OC(C)CCNC(C)C)OC1CC(n2cc(C)c(=O)[nH]c2=O)OC1C[Si](C)(C)C(C)(C)C. The minimum absolute atomic E-state index is 0.139. The molecule has 1 aromatic heterocycles. The Hall–Kier alpha value is -0.653. The Balaban J connectivity index is 2.29. The molecule has 0 spiro atoms. The maximum absolute atomic E-state index is 12.6. The zero-order valence-electron chi connectivity index (χ0n) is 23.5. The maximum Gasteiger partial charge on any atom is 0.330 e. The quantitative estimate of drug-likeness (QED) is 0.279. The molecule has 0 amide bonds. The summed E-state index contributed by atoms with van der Waals surface area (Å²) in [5, 5.41) is 3.52. The molecule has 1 aliphatic heterocycles. The maximum atomic E-state index is 12.6. The molecule has 0 bridgehead atoms.